The van der Waals surface area contributed by atoms with E-state index in [9.17, 15) is 0 Å². The first kappa shape index (κ1) is 11.2. The van der Waals surface area contributed by atoms with Gasteiger partial charge >= 0.3 is 102 Å². The Kier molecular flexibility index (Phi) is 3.18. The Morgan fingerprint density at radius 1 is 1.20 bits per heavy atom. The summed E-state index contributed by atoms with van der Waals surface area (Å²) in [6, 6.07) is 0. The van der Waals surface area contributed by atoms with Crippen LogP contribution in [-0.2, 0) is 19.2 Å². The molecule has 2 aliphatic carbocycles. The van der Waals surface area contributed by atoms with Crippen molar-refractivity contribution in [2.75, 3.05) is 0 Å². The van der Waals surface area contributed by atoms with Crippen molar-refractivity contribution in [1.82, 2.24) is 0 Å². The minimum absolute atomic E-state index is 0. The quantitative estimate of drug-likeness (QED) is 0.623. The molecule has 80 valence electrons. The van der Waals surface area contributed by atoms with Gasteiger partial charge in [-0.1, -0.05) is 0 Å². The molecule has 2 rings (SSSR count). The number of hydrogen-bond donors (Lipinski definition) is 0. The SMILES string of the molecule is CC(C)(C)C1=[C]([Ti+2][C]2=CC=CC2)CC=C1.[H-].[H-]. The minimum atomic E-state index is -0.0153. The van der Waals surface area contributed by atoms with E-state index in [0.717, 1.165) is 0 Å². The molecule has 0 saturated heterocycles. The van der Waals surface area contributed by atoms with Gasteiger partial charge in [-0.2, -0.15) is 0 Å². The van der Waals surface area contributed by atoms with Gasteiger partial charge in [0.2, 0.25) is 0 Å². The molecule has 0 aliphatic heterocycles. The van der Waals surface area contributed by atoms with E-state index in [1.54, 1.807) is 13.3 Å². The van der Waals surface area contributed by atoms with Gasteiger partial charge in [0.25, 0.3) is 0 Å². The molecule has 0 radical (unpaired) electrons. The topological polar surface area (TPSA) is 0 Å². The molecule has 1 heteroatoms. The van der Waals surface area contributed by atoms with Crippen LogP contribution in [0.3, 0.4) is 0 Å². The molecule has 0 amide bonds. The zero-order valence-corrected chi connectivity index (χ0v) is 11.4. The molecule has 0 N–H and O–H groups in total. The van der Waals surface area contributed by atoms with Crippen LogP contribution >= 0.6 is 0 Å². The van der Waals surface area contributed by atoms with Crippen molar-refractivity contribution in [1.29, 1.82) is 0 Å². The van der Waals surface area contributed by atoms with E-state index in [1.807, 2.05) is 0 Å². The molecule has 0 unspecified atom stereocenters. The second-order valence-corrected chi connectivity index (χ2v) is 7.53. The van der Waals surface area contributed by atoms with Crippen molar-refractivity contribution in [3.05, 3.63) is 43.7 Å². The second kappa shape index (κ2) is 4.27. The molecule has 0 fully saturated rings. The van der Waals surface area contributed by atoms with Crippen LogP contribution in [-0.4, -0.2) is 0 Å². The van der Waals surface area contributed by atoms with E-state index >= 15 is 0 Å². The largest absolute Gasteiger partial charge is 1.00 e. The predicted octanol–water partition coefficient (Wildman–Crippen LogP) is 4.40. The fourth-order valence-corrected chi connectivity index (χ4v) is 4.56. The Balaban J connectivity index is 0.00000128. The van der Waals surface area contributed by atoms with Gasteiger partial charge in [0.15, 0.2) is 0 Å². The van der Waals surface area contributed by atoms with Crippen LogP contribution in [0.25, 0.3) is 0 Å². The summed E-state index contributed by atoms with van der Waals surface area (Å²) < 4.78 is 3.44. The molecular formula is C14H20Ti. The molecule has 0 heterocycles. The maximum absolute atomic E-state index is 2.35. The molecule has 0 atom stereocenters. The number of hydrogen-bond acceptors (Lipinski definition) is 0. The molecular weight excluding hydrogens is 216 g/mol. The smallest absolute Gasteiger partial charge is 1.00 e. The van der Waals surface area contributed by atoms with Gasteiger partial charge in [-0.15, -0.1) is 0 Å². The summed E-state index contributed by atoms with van der Waals surface area (Å²) in [5, 5.41) is 0. The van der Waals surface area contributed by atoms with E-state index < -0.39 is 0 Å². The third-order valence-corrected chi connectivity index (χ3v) is 5.11. The van der Waals surface area contributed by atoms with Crippen molar-refractivity contribution in [2.24, 2.45) is 5.41 Å². The summed E-state index contributed by atoms with van der Waals surface area (Å²) in [5.74, 6) is 0. The van der Waals surface area contributed by atoms with Gasteiger partial charge in [-0.3, -0.25) is 0 Å². The summed E-state index contributed by atoms with van der Waals surface area (Å²) in [6.45, 7) is 6.97. The fourth-order valence-electron chi connectivity index (χ4n) is 2.06. The molecule has 2 aliphatic rings. The Bertz CT molecular complexity index is 382. The van der Waals surface area contributed by atoms with Crippen LogP contribution in [0.15, 0.2) is 43.7 Å². The van der Waals surface area contributed by atoms with E-state index in [2.05, 4.69) is 51.2 Å². The fraction of sp³-hybridized carbons (Fsp3) is 0.429. The van der Waals surface area contributed by atoms with Crippen LogP contribution in [0.4, 0.5) is 0 Å². The maximum Gasteiger partial charge on any atom is -1.00 e. The molecule has 0 bridgehead atoms. The Labute approximate surface area is 105 Å². The van der Waals surface area contributed by atoms with Crippen molar-refractivity contribution >= 4 is 0 Å². The van der Waals surface area contributed by atoms with Gasteiger partial charge in [0, 0.05) is 0 Å². The maximum atomic E-state index is 2.35. The summed E-state index contributed by atoms with van der Waals surface area (Å²) in [7, 11) is 0. The third-order valence-electron chi connectivity index (χ3n) is 2.82. The monoisotopic (exact) mass is 236 g/mol. The van der Waals surface area contributed by atoms with E-state index in [1.165, 1.54) is 12.8 Å². The van der Waals surface area contributed by atoms with Gasteiger partial charge < -0.3 is 2.85 Å². The zero-order valence-electron chi connectivity index (χ0n) is 11.8. The van der Waals surface area contributed by atoms with E-state index in [0.29, 0.717) is 5.41 Å². The standard InChI is InChI=1S/C9H13.C5H5.Ti.2H/c1-9(2,3)8-6-4-5-7-8;1-2-4-5-3-1;;;/h4,6H,5H2,1-3H3;1-3H,4H2;;;/q;;+2;2*-1. The van der Waals surface area contributed by atoms with Crippen LogP contribution in [0.5, 0.6) is 0 Å². The summed E-state index contributed by atoms with van der Waals surface area (Å²) in [6.07, 6.45) is 13.9. The zero-order chi connectivity index (χ0) is 10.9. The average molecular weight is 236 g/mol. The average Bonchev–Trinajstić information content (AvgIpc) is 2.73. The van der Waals surface area contributed by atoms with Crippen molar-refractivity contribution in [2.45, 2.75) is 33.6 Å². The van der Waals surface area contributed by atoms with Crippen molar-refractivity contribution in [3.63, 3.8) is 0 Å². The first-order valence-corrected chi connectivity index (χ1v) is 7.16. The summed E-state index contributed by atoms with van der Waals surface area (Å²) >= 11 is -0.0153. The molecule has 0 nitrogen and oxygen atoms in total. The van der Waals surface area contributed by atoms with Crippen molar-refractivity contribution < 1.29 is 22.0 Å². The normalized spacial score (nSPS) is 19.8. The molecule has 15 heavy (non-hydrogen) atoms. The molecule has 0 aromatic rings. The summed E-state index contributed by atoms with van der Waals surface area (Å²) in [4.78, 5) is 0. The molecule has 0 aromatic heterocycles. The summed E-state index contributed by atoms with van der Waals surface area (Å²) in [5.41, 5.74) is 1.94. The van der Waals surface area contributed by atoms with Gasteiger partial charge in [0.05, 0.1) is 0 Å². The van der Waals surface area contributed by atoms with Crippen LogP contribution in [0.2, 0.25) is 0 Å². The third kappa shape index (κ3) is 2.62. The van der Waals surface area contributed by atoms with Crippen LogP contribution in [0.1, 0.15) is 36.5 Å². The molecule has 0 spiro atoms. The minimum Gasteiger partial charge on any atom is -1.00 e. The van der Waals surface area contributed by atoms with Gasteiger partial charge in [0.1, 0.15) is 0 Å². The van der Waals surface area contributed by atoms with Crippen molar-refractivity contribution in [3.8, 4) is 0 Å². The predicted molar refractivity (Wildman–Crippen MR) is 64.3 cm³/mol. The number of allylic oxidation sites excluding steroid dienone is 8. The van der Waals surface area contributed by atoms with Crippen LogP contribution < -0.4 is 0 Å². The van der Waals surface area contributed by atoms with Gasteiger partial charge in [-0.25, -0.2) is 0 Å². The number of rotatable bonds is 2. The van der Waals surface area contributed by atoms with E-state index in [4.69, 9.17) is 0 Å². The van der Waals surface area contributed by atoms with Crippen LogP contribution in [0, 0.1) is 5.41 Å². The molecule has 0 aromatic carbocycles. The Morgan fingerprint density at radius 2 is 2.00 bits per heavy atom. The molecule has 0 saturated carbocycles. The first-order valence-electron chi connectivity index (χ1n) is 5.60. The van der Waals surface area contributed by atoms with Gasteiger partial charge in [-0.05, 0) is 0 Å². The Morgan fingerprint density at radius 3 is 2.60 bits per heavy atom. The van der Waals surface area contributed by atoms with E-state index in [-0.39, 0.29) is 22.0 Å². The second-order valence-electron chi connectivity index (χ2n) is 5.20. The Hall–Kier alpha value is -0.326. The first-order chi connectivity index (χ1) is 7.07.